The first kappa shape index (κ1) is 13.7. The first-order chi connectivity index (χ1) is 10.2. The van der Waals surface area contributed by atoms with Crippen LogP contribution in [0.15, 0.2) is 24.3 Å². The van der Waals surface area contributed by atoms with Gasteiger partial charge in [0.2, 0.25) is 0 Å². The summed E-state index contributed by atoms with van der Waals surface area (Å²) in [6.45, 7) is 1.87. The lowest BCUT2D eigenvalue weighted by molar-refractivity contribution is -0.110. The van der Waals surface area contributed by atoms with Crippen LogP contribution in [0.25, 0.3) is 0 Å². The highest BCUT2D eigenvalue weighted by Gasteiger charge is 2.46. The number of hydrogen-bond donors (Lipinski definition) is 2. The summed E-state index contributed by atoms with van der Waals surface area (Å²) in [4.78, 5) is 2.44. The van der Waals surface area contributed by atoms with Gasteiger partial charge in [-0.1, -0.05) is 37.1 Å². The summed E-state index contributed by atoms with van der Waals surface area (Å²) in [7, 11) is 0. The second-order valence-electron chi connectivity index (χ2n) is 7.21. The molecule has 2 fully saturated rings. The molecule has 1 saturated heterocycles. The van der Waals surface area contributed by atoms with Crippen molar-refractivity contribution in [2.24, 2.45) is 5.92 Å². The number of fused-ring (bicyclic) bond motifs is 2. The van der Waals surface area contributed by atoms with Crippen molar-refractivity contribution in [2.75, 3.05) is 13.1 Å². The van der Waals surface area contributed by atoms with Crippen molar-refractivity contribution in [3.63, 3.8) is 0 Å². The van der Waals surface area contributed by atoms with E-state index in [4.69, 9.17) is 0 Å². The molecule has 3 nitrogen and oxygen atoms in total. The molecular formula is C18H25NO2. The Morgan fingerprint density at radius 1 is 1.14 bits per heavy atom. The van der Waals surface area contributed by atoms with E-state index in [1.165, 1.54) is 18.4 Å². The molecule has 21 heavy (non-hydrogen) atoms. The maximum Gasteiger partial charge on any atom is 0.0951 e. The summed E-state index contributed by atoms with van der Waals surface area (Å²) < 4.78 is 0. The van der Waals surface area contributed by atoms with Crippen molar-refractivity contribution in [1.82, 2.24) is 4.90 Å². The molecule has 3 aliphatic rings. The SMILES string of the molecule is OC1c2ccccc2CC1N1CCC2(O)CCCCC2C1. The first-order valence-corrected chi connectivity index (χ1v) is 8.40. The van der Waals surface area contributed by atoms with E-state index in [0.29, 0.717) is 5.92 Å². The van der Waals surface area contributed by atoms with Crippen molar-refractivity contribution in [2.45, 2.75) is 56.3 Å². The van der Waals surface area contributed by atoms with Crippen molar-refractivity contribution in [1.29, 1.82) is 0 Å². The molecule has 4 rings (SSSR count). The number of hydrogen-bond acceptors (Lipinski definition) is 3. The van der Waals surface area contributed by atoms with Gasteiger partial charge >= 0.3 is 0 Å². The third-order valence-corrected chi connectivity index (χ3v) is 6.10. The summed E-state index contributed by atoms with van der Waals surface area (Å²) in [6, 6.07) is 8.47. The molecule has 1 aromatic carbocycles. The quantitative estimate of drug-likeness (QED) is 0.833. The molecule has 114 valence electrons. The molecule has 1 saturated carbocycles. The van der Waals surface area contributed by atoms with Crippen LogP contribution in [0.4, 0.5) is 0 Å². The fourth-order valence-electron chi connectivity index (χ4n) is 4.78. The highest BCUT2D eigenvalue weighted by molar-refractivity contribution is 5.36. The van der Waals surface area contributed by atoms with Crippen LogP contribution in [-0.2, 0) is 6.42 Å². The Labute approximate surface area is 126 Å². The normalized spacial score (nSPS) is 39.8. The number of likely N-dealkylation sites (tertiary alicyclic amines) is 1. The van der Waals surface area contributed by atoms with E-state index in [-0.39, 0.29) is 12.1 Å². The van der Waals surface area contributed by atoms with Crippen LogP contribution < -0.4 is 0 Å². The van der Waals surface area contributed by atoms with Gasteiger partial charge in [0.1, 0.15) is 0 Å². The topological polar surface area (TPSA) is 43.7 Å². The fraction of sp³-hybridized carbons (Fsp3) is 0.667. The van der Waals surface area contributed by atoms with Crippen molar-refractivity contribution >= 4 is 0 Å². The minimum Gasteiger partial charge on any atom is -0.390 e. The number of piperidine rings is 1. The highest BCUT2D eigenvalue weighted by Crippen LogP contribution is 2.43. The zero-order valence-electron chi connectivity index (χ0n) is 12.5. The van der Waals surface area contributed by atoms with Gasteiger partial charge in [-0.3, -0.25) is 4.90 Å². The van der Waals surface area contributed by atoms with Gasteiger partial charge in [0.25, 0.3) is 0 Å². The molecule has 1 aliphatic heterocycles. The largest absolute Gasteiger partial charge is 0.390 e. The summed E-state index contributed by atoms with van der Waals surface area (Å²) in [6.07, 6.45) is 5.98. The standard InChI is InChI=1S/C18H25NO2/c20-17-15-7-2-1-5-13(15)11-16(17)19-10-9-18(21)8-4-3-6-14(18)12-19/h1-2,5,7,14,16-17,20-21H,3-4,6,8-12H2. The fourth-order valence-corrected chi connectivity index (χ4v) is 4.78. The Kier molecular flexibility index (Phi) is 3.32. The lowest BCUT2D eigenvalue weighted by Crippen LogP contribution is -2.56. The van der Waals surface area contributed by atoms with Crippen LogP contribution in [0.1, 0.15) is 49.3 Å². The molecule has 0 aromatic heterocycles. The predicted molar refractivity (Wildman–Crippen MR) is 82.0 cm³/mol. The molecule has 0 spiro atoms. The van der Waals surface area contributed by atoms with Gasteiger partial charge in [-0.2, -0.15) is 0 Å². The monoisotopic (exact) mass is 287 g/mol. The Morgan fingerprint density at radius 2 is 2.00 bits per heavy atom. The van der Waals surface area contributed by atoms with Gasteiger partial charge in [0.15, 0.2) is 0 Å². The molecule has 1 aromatic rings. The Bertz CT molecular complexity index is 532. The van der Waals surface area contributed by atoms with E-state index in [1.807, 2.05) is 6.07 Å². The summed E-state index contributed by atoms with van der Waals surface area (Å²) in [5.74, 6) is 0.399. The Hall–Kier alpha value is -0.900. The lowest BCUT2D eigenvalue weighted by Gasteiger charge is -2.49. The molecular weight excluding hydrogens is 262 g/mol. The second kappa shape index (κ2) is 5.08. The zero-order chi connectivity index (χ0) is 14.4. The van der Waals surface area contributed by atoms with Gasteiger partial charge in [-0.15, -0.1) is 0 Å². The lowest BCUT2D eigenvalue weighted by atomic mass is 9.71. The molecule has 0 bridgehead atoms. The number of aliphatic hydroxyl groups is 2. The van der Waals surface area contributed by atoms with Crippen molar-refractivity contribution in [3.05, 3.63) is 35.4 Å². The average molecular weight is 287 g/mol. The second-order valence-corrected chi connectivity index (χ2v) is 7.21. The number of nitrogens with zero attached hydrogens (tertiary/aromatic N) is 1. The van der Waals surface area contributed by atoms with Gasteiger partial charge in [-0.25, -0.2) is 0 Å². The smallest absolute Gasteiger partial charge is 0.0951 e. The number of rotatable bonds is 1. The van der Waals surface area contributed by atoms with Crippen LogP contribution in [0.5, 0.6) is 0 Å². The zero-order valence-corrected chi connectivity index (χ0v) is 12.5. The Balaban J connectivity index is 1.52. The van der Waals surface area contributed by atoms with Crippen molar-refractivity contribution in [3.8, 4) is 0 Å². The van der Waals surface area contributed by atoms with E-state index in [0.717, 1.165) is 44.3 Å². The van der Waals surface area contributed by atoms with E-state index in [1.54, 1.807) is 0 Å². The molecule has 2 aliphatic carbocycles. The van der Waals surface area contributed by atoms with Crippen LogP contribution in [0, 0.1) is 5.92 Å². The van der Waals surface area contributed by atoms with E-state index in [2.05, 4.69) is 23.1 Å². The molecule has 0 amide bonds. The maximum atomic E-state index is 10.8. The van der Waals surface area contributed by atoms with Gasteiger partial charge < -0.3 is 10.2 Å². The molecule has 3 heteroatoms. The Morgan fingerprint density at radius 3 is 2.86 bits per heavy atom. The molecule has 1 heterocycles. The summed E-state index contributed by atoms with van der Waals surface area (Å²) in [5, 5.41) is 21.5. The molecule has 0 radical (unpaired) electrons. The van der Waals surface area contributed by atoms with Crippen LogP contribution in [-0.4, -0.2) is 39.8 Å². The highest BCUT2D eigenvalue weighted by atomic mass is 16.3. The summed E-state index contributed by atoms with van der Waals surface area (Å²) in [5.41, 5.74) is 1.97. The number of aliphatic hydroxyl groups excluding tert-OH is 1. The molecule has 4 atom stereocenters. The number of benzene rings is 1. The maximum absolute atomic E-state index is 10.8. The van der Waals surface area contributed by atoms with Gasteiger partial charge in [0.05, 0.1) is 11.7 Å². The van der Waals surface area contributed by atoms with Gasteiger partial charge in [0, 0.05) is 25.0 Å². The summed E-state index contributed by atoms with van der Waals surface area (Å²) >= 11 is 0. The minimum atomic E-state index is -0.425. The van der Waals surface area contributed by atoms with Crippen LogP contribution in [0.3, 0.4) is 0 Å². The van der Waals surface area contributed by atoms with Crippen LogP contribution in [0.2, 0.25) is 0 Å². The minimum absolute atomic E-state index is 0.203. The average Bonchev–Trinajstić information content (AvgIpc) is 2.84. The molecule has 4 unspecified atom stereocenters. The third kappa shape index (κ3) is 2.23. The van der Waals surface area contributed by atoms with E-state index >= 15 is 0 Å². The molecule has 2 N–H and O–H groups in total. The van der Waals surface area contributed by atoms with E-state index in [9.17, 15) is 10.2 Å². The van der Waals surface area contributed by atoms with Crippen molar-refractivity contribution < 1.29 is 10.2 Å². The third-order valence-electron chi connectivity index (χ3n) is 6.10. The van der Waals surface area contributed by atoms with Crippen LogP contribution >= 0.6 is 0 Å². The first-order valence-electron chi connectivity index (χ1n) is 8.40. The van der Waals surface area contributed by atoms with Gasteiger partial charge in [-0.05, 0) is 36.8 Å². The predicted octanol–water partition coefficient (Wildman–Crippen LogP) is 2.27. The van der Waals surface area contributed by atoms with E-state index < -0.39 is 5.60 Å².